The quantitative estimate of drug-likeness (QED) is 0.568. The summed E-state index contributed by atoms with van der Waals surface area (Å²) >= 11 is 0. The smallest absolute Gasteiger partial charge is 0.254 e. The van der Waals surface area contributed by atoms with Crippen molar-refractivity contribution in [3.8, 4) is 5.82 Å². The van der Waals surface area contributed by atoms with E-state index in [1.54, 1.807) is 46.5 Å². The Kier molecular flexibility index (Phi) is 4.19. The first-order chi connectivity index (χ1) is 12.7. The Balaban J connectivity index is 1.55. The average molecular weight is 342 g/mol. The summed E-state index contributed by atoms with van der Waals surface area (Å²) in [6.45, 7) is 0.548. The van der Waals surface area contributed by atoms with Crippen LogP contribution in [0.3, 0.4) is 0 Å². The van der Waals surface area contributed by atoms with E-state index in [-0.39, 0.29) is 5.91 Å². The van der Waals surface area contributed by atoms with Crippen molar-refractivity contribution in [2.24, 2.45) is 0 Å². The summed E-state index contributed by atoms with van der Waals surface area (Å²) in [5, 5.41) is 2.38. The number of carbonyl (C=O) groups is 1. The van der Waals surface area contributed by atoms with Crippen LogP contribution in [-0.4, -0.2) is 32.4 Å². The van der Waals surface area contributed by atoms with E-state index in [4.69, 9.17) is 0 Å². The molecule has 0 saturated carbocycles. The Morgan fingerprint density at radius 1 is 1.04 bits per heavy atom. The van der Waals surface area contributed by atoms with Crippen LogP contribution in [0.1, 0.15) is 15.9 Å². The van der Waals surface area contributed by atoms with E-state index >= 15 is 0 Å². The lowest BCUT2D eigenvalue weighted by atomic mass is 10.1. The van der Waals surface area contributed by atoms with Gasteiger partial charge in [-0.15, -0.1) is 0 Å². The van der Waals surface area contributed by atoms with Crippen molar-refractivity contribution < 1.29 is 4.79 Å². The zero-order valence-corrected chi connectivity index (χ0v) is 14.4. The van der Waals surface area contributed by atoms with E-state index in [1.165, 1.54) is 10.8 Å². The SMILES string of the molecule is CN(Cc1ccc2ccccc2c1)C(=O)c1ccnc(-n2ccnc2)c1. The Labute approximate surface area is 151 Å². The summed E-state index contributed by atoms with van der Waals surface area (Å²) in [6.07, 6.45) is 6.79. The highest BCUT2D eigenvalue weighted by Gasteiger charge is 2.13. The maximum Gasteiger partial charge on any atom is 0.254 e. The van der Waals surface area contributed by atoms with Gasteiger partial charge < -0.3 is 4.90 Å². The number of hydrogen-bond acceptors (Lipinski definition) is 3. The minimum absolute atomic E-state index is 0.0399. The summed E-state index contributed by atoms with van der Waals surface area (Å²) < 4.78 is 1.78. The van der Waals surface area contributed by atoms with Crippen molar-refractivity contribution in [2.75, 3.05) is 7.05 Å². The Morgan fingerprint density at radius 3 is 2.69 bits per heavy atom. The fourth-order valence-electron chi connectivity index (χ4n) is 2.99. The van der Waals surface area contributed by atoms with Crippen molar-refractivity contribution in [1.29, 1.82) is 0 Å². The minimum atomic E-state index is -0.0399. The van der Waals surface area contributed by atoms with Gasteiger partial charge in [0.1, 0.15) is 12.1 Å². The van der Waals surface area contributed by atoms with E-state index in [0.29, 0.717) is 17.9 Å². The number of imidazole rings is 1. The van der Waals surface area contributed by atoms with Gasteiger partial charge in [-0.1, -0.05) is 36.4 Å². The first-order valence-corrected chi connectivity index (χ1v) is 8.38. The van der Waals surface area contributed by atoms with Crippen LogP contribution >= 0.6 is 0 Å². The molecule has 0 aliphatic carbocycles. The topological polar surface area (TPSA) is 51.0 Å². The van der Waals surface area contributed by atoms with Gasteiger partial charge in [-0.25, -0.2) is 9.97 Å². The largest absolute Gasteiger partial charge is 0.337 e. The molecule has 0 aliphatic rings. The van der Waals surface area contributed by atoms with Gasteiger partial charge in [-0.05, 0) is 34.5 Å². The molecule has 0 unspecified atom stereocenters. The van der Waals surface area contributed by atoms with Crippen LogP contribution in [0.4, 0.5) is 0 Å². The van der Waals surface area contributed by atoms with Gasteiger partial charge in [0.25, 0.3) is 5.91 Å². The number of rotatable bonds is 4. The zero-order valence-electron chi connectivity index (χ0n) is 14.4. The average Bonchev–Trinajstić information content (AvgIpc) is 3.22. The molecule has 128 valence electrons. The maximum absolute atomic E-state index is 12.8. The van der Waals surface area contributed by atoms with E-state index < -0.39 is 0 Å². The lowest BCUT2D eigenvalue weighted by Crippen LogP contribution is -2.26. The summed E-state index contributed by atoms with van der Waals surface area (Å²) in [5.74, 6) is 0.634. The third kappa shape index (κ3) is 3.19. The molecule has 5 nitrogen and oxygen atoms in total. The summed E-state index contributed by atoms with van der Waals surface area (Å²) in [7, 11) is 1.81. The van der Waals surface area contributed by atoms with E-state index in [9.17, 15) is 4.79 Å². The van der Waals surface area contributed by atoms with Crippen LogP contribution in [0.15, 0.2) is 79.5 Å². The number of nitrogens with zero attached hydrogens (tertiary/aromatic N) is 4. The fourth-order valence-corrected chi connectivity index (χ4v) is 2.99. The predicted molar refractivity (Wildman–Crippen MR) is 101 cm³/mol. The lowest BCUT2D eigenvalue weighted by molar-refractivity contribution is 0.0785. The second kappa shape index (κ2) is 6.80. The van der Waals surface area contributed by atoms with Crippen molar-refractivity contribution in [1.82, 2.24) is 19.4 Å². The van der Waals surface area contributed by atoms with Gasteiger partial charge in [0.05, 0.1) is 0 Å². The van der Waals surface area contributed by atoms with Crippen LogP contribution in [-0.2, 0) is 6.54 Å². The lowest BCUT2D eigenvalue weighted by Gasteiger charge is -2.18. The molecule has 0 atom stereocenters. The molecule has 0 radical (unpaired) electrons. The second-order valence-corrected chi connectivity index (χ2v) is 6.22. The molecule has 0 bridgehead atoms. The van der Waals surface area contributed by atoms with Gasteiger partial charge in [0.2, 0.25) is 0 Å². The molecule has 1 amide bonds. The third-order valence-corrected chi connectivity index (χ3v) is 4.34. The number of amides is 1. The monoisotopic (exact) mass is 342 g/mol. The summed E-state index contributed by atoms with van der Waals surface area (Å²) in [5.41, 5.74) is 1.70. The summed E-state index contributed by atoms with van der Waals surface area (Å²) in [6, 6.07) is 18.0. The molecule has 4 rings (SSSR count). The molecule has 0 fully saturated rings. The van der Waals surface area contributed by atoms with Gasteiger partial charge in [-0.3, -0.25) is 9.36 Å². The molecule has 2 heterocycles. The highest BCUT2D eigenvalue weighted by molar-refractivity contribution is 5.94. The van der Waals surface area contributed by atoms with Crippen LogP contribution in [0.25, 0.3) is 16.6 Å². The number of pyridine rings is 1. The normalized spacial score (nSPS) is 10.8. The number of aromatic nitrogens is 3. The van der Waals surface area contributed by atoms with Crippen molar-refractivity contribution in [3.63, 3.8) is 0 Å². The molecule has 2 aromatic carbocycles. The molecule has 5 heteroatoms. The molecule has 2 aromatic heterocycles. The Morgan fingerprint density at radius 2 is 1.88 bits per heavy atom. The van der Waals surface area contributed by atoms with Gasteiger partial charge in [0, 0.05) is 37.7 Å². The predicted octanol–water partition coefficient (Wildman–Crippen LogP) is 3.69. The number of hydrogen-bond donors (Lipinski definition) is 0. The Bertz CT molecular complexity index is 1060. The molecule has 0 spiro atoms. The fraction of sp³-hybridized carbons (Fsp3) is 0.0952. The van der Waals surface area contributed by atoms with Crippen molar-refractivity contribution in [3.05, 3.63) is 90.6 Å². The zero-order chi connectivity index (χ0) is 17.9. The third-order valence-electron chi connectivity index (χ3n) is 4.34. The van der Waals surface area contributed by atoms with Crippen LogP contribution in [0, 0.1) is 0 Å². The number of carbonyl (C=O) groups excluding carboxylic acids is 1. The molecule has 4 aromatic rings. The van der Waals surface area contributed by atoms with Crippen molar-refractivity contribution >= 4 is 16.7 Å². The van der Waals surface area contributed by atoms with E-state index in [1.807, 2.05) is 19.2 Å². The highest BCUT2D eigenvalue weighted by Crippen LogP contribution is 2.17. The van der Waals surface area contributed by atoms with E-state index in [0.717, 1.165) is 5.56 Å². The van der Waals surface area contributed by atoms with Crippen molar-refractivity contribution in [2.45, 2.75) is 6.54 Å². The van der Waals surface area contributed by atoms with Crippen LogP contribution in [0.2, 0.25) is 0 Å². The van der Waals surface area contributed by atoms with Gasteiger partial charge in [0.15, 0.2) is 0 Å². The van der Waals surface area contributed by atoms with Gasteiger partial charge in [-0.2, -0.15) is 0 Å². The van der Waals surface area contributed by atoms with Gasteiger partial charge >= 0.3 is 0 Å². The number of benzene rings is 2. The molecular formula is C21H18N4O. The van der Waals surface area contributed by atoms with E-state index in [2.05, 4.69) is 40.3 Å². The maximum atomic E-state index is 12.8. The number of fused-ring (bicyclic) bond motifs is 1. The molecular weight excluding hydrogens is 324 g/mol. The van der Waals surface area contributed by atoms with Crippen LogP contribution < -0.4 is 0 Å². The Hall–Kier alpha value is -3.47. The standard InChI is InChI=1S/C21H18N4O/c1-24(14-16-6-7-17-4-2-3-5-18(17)12-16)21(26)19-8-9-23-20(13-19)25-11-10-22-15-25/h2-13,15H,14H2,1H3. The molecule has 0 N–H and O–H groups in total. The minimum Gasteiger partial charge on any atom is -0.337 e. The molecule has 26 heavy (non-hydrogen) atoms. The first-order valence-electron chi connectivity index (χ1n) is 8.38. The summed E-state index contributed by atoms with van der Waals surface area (Å²) in [4.78, 5) is 22.8. The highest BCUT2D eigenvalue weighted by atomic mass is 16.2. The molecule has 0 aliphatic heterocycles. The first kappa shape index (κ1) is 16.0. The molecule has 0 saturated heterocycles. The second-order valence-electron chi connectivity index (χ2n) is 6.22. The van der Waals surface area contributed by atoms with Crippen LogP contribution in [0.5, 0.6) is 0 Å².